The normalized spacial score (nSPS) is 15.8. The van der Waals surface area contributed by atoms with Crippen LogP contribution in [0.5, 0.6) is 0 Å². The van der Waals surface area contributed by atoms with Gasteiger partial charge in [-0.2, -0.15) is 4.98 Å². The van der Waals surface area contributed by atoms with Gasteiger partial charge in [-0.25, -0.2) is 4.79 Å². The molecule has 0 atom stereocenters. The number of nitrogens with zero attached hydrogens (tertiary/aromatic N) is 2. The summed E-state index contributed by atoms with van der Waals surface area (Å²) in [6.07, 6.45) is 7.08. The van der Waals surface area contributed by atoms with Gasteiger partial charge in [0.05, 0.1) is 0 Å². The second kappa shape index (κ2) is 8.14. The third-order valence-electron chi connectivity index (χ3n) is 4.54. The Balaban J connectivity index is 1.57. The molecular formula is C19H26N4O2. The molecular weight excluding hydrogens is 316 g/mol. The molecule has 0 unspecified atom stereocenters. The van der Waals surface area contributed by atoms with E-state index in [1.54, 1.807) is 0 Å². The molecule has 6 nitrogen and oxygen atoms in total. The van der Waals surface area contributed by atoms with E-state index in [1.807, 2.05) is 38.1 Å². The van der Waals surface area contributed by atoms with E-state index in [9.17, 15) is 4.79 Å². The van der Waals surface area contributed by atoms with E-state index in [2.05, 4.69) is 20.8 Å². The largest absolute Gasteiger partial charge is 0.335 e. The van der Waals surface area contributed by atoms with Gasteiger partial charge in [-0.1, -0.05) is 44.7 Å². The second-order valence-electron chi connectivity index (χ2n) is 6.98. The lowest BCUT2D eigenvalue weighted by atomic mass is 10.1. The fraction of sp³-hybridized carbons (Fsp3) is 0.526. The number of urea groups is 1. The van der Waals surface area contributed by atoms with Gasteiger partial charge in [0.15, 0.2) is 5.82 Å². The van der Waals surface area contributed by atoms with Gasteiger partial charge in [-0.3, -0.25) is 0 Å². The maximum Gasteiger partial charge on any atom is 0.319 e. The van der Waals surface area contributed by atoms with Crippen molar-refractivity contribution in [3.63, 3.8) is 0 Å². The first kappa shape index (κ1) is 17.5. The number of aromatic nitrogens is 2. The van der Waals surface area contributed by atoms with Gasteiger partial charge >= 0.3 is 6.03 Å². The summed E-state index contributed by atoms with van der Waals surface area (Å²) in [4.78, 5) is 16.5. The molecule has 6 heteroatoms. The van der Waals surface area contributed by atoms with Gasteiger partial charge in [0.1, 0.15) is 0 Å². The smallest absolute Gasteiger partial charge is 0.319 e. The molecule has 0 spiro atoms. The van der Waals surface area contributed by atoms with E-state index in [0.29, 0.717) is 11.7 Å². The minimum Gasteiger partial charge on any atom is -0.335 e. The van der Waals surface area contributed by atoms with Crippen LogP contribution in [-0.4, -0.2) is 22.2 Å². The van der Waals surface area contributed by atoms with E-state index >= 15 is 0 Å². The molecule has 2 aromatic rings. The third-order valence-corrected chi connectivity index (χ3v) is 4.54. The maximum atomic E-state index is 12.2. The molecule has 2 amide bonds. The fourth-order valence-electron chi connectivity index (χ4n) is 3.06. The highest BCUT2D eigenvalue weighted by molar-refractivity contribution is 5.89. The first-order valence-electron chi connectivity index (χ1n) is 9.13. The standard InChI is InChI=1S/C19H26N4O2/c1-13(2)17-22-18(25-23-17)14-9-11-16(12-10-14)21-19(24)20-15-7-5-3-4-6-8-15/h9-13,15H,3-8H2,1-2H3,(H2,20,21,24). The second-order valence-corrected chi connectivity index (χ2v) is 6.98. The zero-order chi connectivity index (χ0) is 17.6. The highest BCUT2D eigenvalue weighted by Crippen LogP contribution is 2.22. The van der Waals surface area contributed by atoms with Crippen molar-refractivity contribution in [1.29, 1.82) is 0 Å². The predicted molar refractivity (Wildman–Crippen MR) is 97.5 cm³/mol. The van der Waals surface area contributed by atoms with Crippen LogP contribution >= 0.6 is 0 Å². The average molecular weight is 342 g/mol. The van der Waals surface area contributed by atoms with Crippen molar-refractivity contribution < 1.29 is 9.32 Å². The highest BCUT2D eigenvalue weighted by atomic mass is 16.5. The topological polar surface area (TPSA) is 80.0 Å². The van der Waals surface area contributed by atoms with Crippen LogP contribution in [0.3, 0.4) is 0 Å². The molecule has 3 rings (SSSR count). The number of rotatable bonds is 4. The Hall–Kier alpha value is -2.37. The van der Waals surface area contributed by atoms with E-state index in [0.717, 1.165) is 24.1 Å². The van der Waals surface area contributed by atoms with Gasteiger partial charge in [-0.15, -0.1) is 0 Å². The summed E-state index contributed by atoms with van der Waals surface area (Å²) in [6, 6.07) is 7.59. The Bertz CT molecular complexity index is 686. The molecule has 1 fully saturated rings. The van der Waals surface area contributed by atoms with E-state index in [1.165, 1.54) is 25.7 Å². The van der Waals surface area contributed by atoms with Gasteiger partial charge in [0.2, 0.25) is 0 Å². The Morgan fingerprint density at radius 3 is 2.40 bits per heavy atom. The van der Waals surface area contributed by atoms with Crippen molar-refractivity contribution in [2.75, 3.05) is 5.32 Å². The number of carbonyl (C=O) groups is 1. The molecule has 1 aliphatic rings. The molecule has 1 aromatic carbocycles. The van der Waals surface area contributed by atoms with Crippen LogP contribution in [0.4, 0.5) is 10.5 Å². The van der Waals surface area contributed by atoms with Crippen molar-refractivity contribution in [1.82, 2.24) is 15.5 Å². The molecule has 0 bridgehead atoms. The SMILES string of the molecule is CC(C)c1noc(-c2ccc(NC(=O)NC3CCCCCC3)cc2)n1. The number of benzene rings is 1. The third kappa shape index (κ3) is 4.81. The van der Waals surface area contributed by atoms with Crippen LogP contribution in [0.2, 0.25) is 0 Å². The summed E-state index contributed by atoms with van der Waals surface area (Å²) < 4.78 is 5.28. The quantitative estimate of drug-likeness (QED) is 0.789. The van der Waals surface area contributed by atoms with Gasteiger partial charge in [0.25, 0.3) is 5.89 Å². The molecule has 2 N–H and O–H groups in total. The number of amides is 2. The molecule has 25 heavy (non-hydrogen) atoms. The predicted octanol–water partition coefficient (Wildman–Crippen LogP) is 4.70. The van der Waals surface area contributed by atoms with Gasteiger partial charge < -0.3 is 15.2 Å². The number of hydrogen-bond acceptors (Lipinski definition) is 4. The lowest BCUT2D eigenvalue weighted by Crippen LogP contribution is -2.37. The minimum atomic E-state index is -0.139. The van der Waals surface area contributed by atoms with Crippen LogP contribution < -0.4 is 10.6 Å². The molecule has 0 saturated heterocycles. The molecule has 134 valence electrons. The van der Waals surface area contributed by atoms with Crippen molar-refractivity contribution in [3.8, 4) is 11.5 Å². The van der Waals surface area contributed by atoms with Crippen LogP contribution in [0, 0.1) is 0 Å². The minimum absolute atomic E-state index is 0.139. The van der Waals surface area contributed by atoms with Gasteiger partial charge in [-0.05, 0) is 37.1 Å². The number of anilines is 1. The summed E-state index contributed by atoms with van der Waals surface area (Å²) in [5.74, 6) is 1.42. The average Bonchev–Trinajstić information content (AvgIpc) is 2.95. The lowest BCUT2D eigenvalue weighted by molar-refractivity contribution is 0.247. The molecule has 1 aromatic heterocycles. The summed E-state index contributed by atoms with van der Waals surface area (Å²) in [6.45, 7) is 4.04. The Morgan fingerprint density at radius 2 is 1.80 bits per heavy atom. The van der Waals surface area contributed by atoms with Crippen LogP contribution in [0.25, 0.3) is 11.5 Å². The van der Waals surface area contributed by atoms with Crippen LogP contribution in [0.1, 0.15) is 64.1 Å². The Labute approximate surface area is 148 Å². The highest BCUT2D eigenvalue weighted by Gasteiger charge is 2.15. The summed E-state index contributed by atoms with van der Waals surface area (Å²) in [7, 11) is 0. The summed E-state index contributed by atoms with van der Waals surface area (Å²) >= 11 is 0. The lowest BCUT2D eigenvalue weighted by Gasteiger charge is -2.16. The van der Waals surface area contributed by atoms with E-state index in [-0.39, 0.29) is 18.0 Å². The van der Waals surface area contributed by atoms with Crippen molar-refractivity contribution in [2.24, 2.45) is 0 Å². The Morgan fingerprint density at radius 1 is 1.12 bits per heavy atom. The zero-order valence-corrected chi connectivity index (χ0v) is 14.9. The summed E-state index contributed by atoms with van der Waals surface area (Å²) in [5, 5.41) is 9.94. The molecule has 1 aliphatic carbocycles. The van der Waals surface area contributed by atoms with Crippen LogP contribution in [0.15, 0.2) is 28.8 Å². The van der Waals surface area contributed by atoms with E-state index < -0.39 is 0 Å². The van der Waals surface area contributed by atoms with Crippen molar-refractivity contribution >= 4 is 11.7 Å². The maximum absolute atomic E-state index is 12.2. The monoisotopic (exact) mass is 342 g/mol. The van der Waals surface area contributed by atoms with Crippen LogP contribution in [-0.2, 0) is 0 Å². The molecule has 1 heterocycles. The molecule has 1 saturated carbocycles. The first-order valence-corrected chi connectivity index (χ1v) is 9.13. The van der Waals surface area contributed by atoms with Crippen molar-refractivity contribution in [3.05, 3.63) is 30.1 Å². The molecule has 0 radical (unpaired) electrons. The number of carbonyl (C=O) groups excluding carboxylic acids is 1. The fourth-order valence-corrected chi connectivity index (χ4v) is 3.06. The number of nitrogens with one attached hydrogen (secondary N) is 2. The van der Waals surface area contributed by atoms with E-state index in [4.69, 9.17) is 4.52 Å². The summed E-state index contributed by atoms with van der Waals surface area (Å²) in [5.41, 5.74) is 1.59. The number of hydrogen-bond donors (Lipinski definition) is 2. The molecule has 0 aliphatic heterocycles. The van der Waals surface area contributed by atoms with Crippen molar-refractivity contribution in [2.45, 2.75) is 64.3 Å². The Kier molecular flexibility index (Phi) is 5.68. The first-order chi connectivity index (χ1) is 12.1. The zero-order valence-electron chi connectivity index (χ0n) is 14.9. The van der Waals surface area contributed by atoms with Gasteiger partial charge in [0, 0.05) is 23.2 Å².